The molecule has 6 nitrogen and oxygen atoms in total. The Labute approximate surface area is 147 Å². The number of benzene rings is 2. The molecule has 6 heteroatoms. The summed E-state index contributed by atoms with van der Waals surface area (Å²) in [4.78, 5) is 23.3. The number of rotatable bonds is 7. The van der Waals surface area contributed by atoms with E-state index in [-0.39, 0.29) is 11.4 Å². The van der Waals surface area contributed by atoms with Gasteiger partial charge in [-0.05, 0) is 49.6 Å². The van der Waals surface area contributed by atoms with Crippen molar-refractivity contribution in [2.75, 3.05) is 11.9 Å². The van der Waals surface area contributed by atoms with E-state index < -0.39 is 10.8 Å². The first-order valence-corrected chi connectivity index (χ1v) is 8.22. The fourth-order valence-electron chi connectivity index (χ4n) is 2.36. The molecule has 0 saturated carbocycles. The van der Waals surface area contributed by atoms with E-state index in [1.54, 1.807) is 37.3 Å². The molecule has 0 saturated heterocycles. The highest BCUT2D eigenvalue weighted by Crippen LogP contribution is 2.30. The third kappa shape index (κ3) is 4.56. The van der Waals surface area contributed by atoms with Crippen LogP contribution in [0.2, 0.25) is 0 Å². The number of nitro groups is 1. The smallest absolute Gasteiger partial charge is 0.293 e. The molecule has 0 radical (unpaired) electrons. The molecular formula is C19H22N2O4. The summed E-state index contributed by atoms with van der Waals surface area (Å²) in [7, 11) is 0. The molecule has 0 spiro atoms. The predicted molar refractivity (Wildman–Crippen MR) is 97.4 cm³/mol. The summed E-state index contributed by atoms with van der Waals surface area (Å²) in [6.45, 7) is 6.26. The third-order valence-corrected chi connectivity index (χ3v) is 4.01. The number of hydrogen-bond donors (Lipinski definition) is 1. The molecule has 0 fully saturated rings. The second-order valence-electron chi connectivity index (χ2n) is 5.84. The van der Waals surface area contributed by atoms with Crippen LogP contribution in [0.1, 0.15) is 41.3 Å². The maximum atomic E-state index is 12.5. The van der Waals surface area contributed by atoms with Crippen LogP contribution < -0.4 is 10.1 Å². The Morgan fingerprint density at radius 3 is 2.68 bits per heavy atom. The average Bonchev–Trinajstić information content (AvgIpc) is 2.59. The highest BCUT2D eigenvalue weighted by molar-refractivity contribution is 6.06. The van der Waals surface area contributed by atoms with Crippen LogP contribution in [0, 0.1) is 24.0 Å². The minimum Gasteiger partial charge on any atom is -0.494 e. The number of amides is 1. The van der Waals surface area contributed by atoms with Crippen molar-refractivity contribution >= 4 is 17.3 Å². The lowest BCUT2D eigenvalue weighted by atomic mass is 10.1. The zero-order chi connectivity index (χ0) is 18.4. The van der Waals surface area contributed by atoms with Crippen LogP contribution in [-0.2, 0) is 0 Å². The molecule has 1 amide bonds. The highest BCUT2D eigenvalue weighted by Gasteiger charge is 2.20. The Hall–Kier alpha value is -2.89. The van der Waals surface area contributed by atoms with Gasteiger partial charge in [-0.2, -0.15) is 0 Å². The second kappa shape index (κ2) is 8.28. The topological polar surface area (TPSA) is 81.5 Å². The van der Waals surface area contributed by atoms with Crippen molar-refractivity contribution < 1.29 is 14.5 Å². The van der Waals surface area contributed by atoms with Gasteiger partial charge in [-0.15, -0.1) is 0 Å². The maximum Gasteiger partial charge on any atom is 0.293 e. The first kappa shape index (κ1) is 18.4. The van der Waals surface area contributed by atoms with E-state index >= 15 is 0 Å². The number of nitrogens with one attached hydrogen (secondary N) is 1. The molecule has 0 aliphatic carbocycles. The van der Waals surface area contributed by atoms with Crippen molar-refractivity contribution in [2.24, 2.45) is 0 Å². The largest absolute Gasteiger partial charge is 0.494 e. The van der Waals surface area contributed by atoms with Gasteiger partial charge in [0, 0.05) is 11.6 Å². The standard InChI is InChI=1S/C19H22N2O4/c1-4-5-11-25-16-8-6-7-15(12-16)19(22)20-18-14(3)13(2)9-10-17(18)21(23)24/h6-10,12H,4-5,11H2,1-3H3,(H,20,22). The molecular weight excluding hydrogens is 320 g/mol. The summed E-state index contributed by atoms with van der Waals surface area (Å²) in [6.07, 6.45) is 1.96. The van der Waals surface area contributed by atoms with Crippen LogP contribution >= 0.6 is 0 Å². The number of hydrogen-bond acceptors (Lipinski definition) is 4. The van der Waals surface area contributed by atoms with E-state index in [1.165, 1.54) is 6.07 Å². The monoisotopic (exact) mass is 342 g/mol. The van der Waals surface area contributed by atoms with Crippen LogP contribution in [0.15, 0.2) is 36.4 Å². The molecule has 0 aliphatic rings. The molecule has 25 heavy (non-hydrogen) atoms. The number of aryl methyl sites for hydroxylation is 1. The lowest BCUT2D eigenvalue weighted by Gasteiger charge is -2.12. The van der Waals surface area contributed by atoms with Crippen LogP contribution in [0.5, 0.6) is 5.75 Å². The number of ether oxygens (including phenoxy) is 1. The fraction of sp³-hybridized carbons (Fsp3) is 0.316. The molecule has 0 heterocycles. The van der Waals surface area contributed by atoms with Gasteiger partial charge >= 0.3 is 0 Å². The Bertz CT molecular complexity index is 787. The lowest BCUT2D eigenvalue weighted by molar-refractivity contribution is -0.384. The van der Waals surface area contributed by atoms with Gasteiger partial charge in [0.1, 0.15) is 11.4 Å². The Kier molecular flexibility index (Phi) is 6.11. The van der Waals surface area contributed by atoms with Gasteiger partial charge in [-0.1, -0.05) is 25.5 Å². The van der Waals surface area contributed by atoms with E-state index in [1.807, 2.05) is 6.92 Å². The zero-order valence-corrected chi connectivity index (χ0v) is 14.7. The van der Waals surface area contributed by atoms with E-state index in [9.17, 15) is 14.9 Å². The summed E-state index contributed by atoms with van der Waals surface area (Å²) in [5.74, 6) is 0.203. The van der Waals surface area contributed by atoms with Crippen LogP contribution in [0.3, 0.4) is 0 Å². The number of carbonyl (C=O) groups excluding carboxylic acids is 1. The SMILES string of the molecule is CCCCOc1cccc(C(=O)Nc2c([N+](=O)[O-])ccc(C)c2C)c1. The molecule has 1 N–H and O–H groups in total. The summed E-state index contributed by atoms with van der Waals surface area (Å²) in [6, 6.07) is 9.88. The van der Waals surface area contributed by atoms with Crippen LogP contribution in [0.4, 0.5) is 11.4 Å². The molecule has 2 aromatic rings. The normalized spacial score (nSPS) is 10.4. The van der Waals surface area contributed by atoms with Crippen molar-refractivity contribution in [1.82, 2.24) is 0 Å². The number of carbonyl (C=O) groups is 1. The van der Waals surface area contributed by atoms with Crippen molar-refractivity contribution in [3.05, 3.63) is 63.2 Å². The van der Waals surface area contributed by atoms with E-state index in [0.29, 0.717) is 23.5 Å². The quantitative estimate of drug-likeness (QED) is 0.451. The third-order valence-electron chi connectivity index (χ3n) is 4.01. The van der Waals surface area contributed by atoms with Gasteiger partial charge in [0.25, 0.3) is 11.6 Å². The molecule has 0 bridgehead atoms. The maximum absolute atomic E-state index is 12.5. The van der Waals surface area contributed by atoms with E-state index in [2.05, 4.69) is 12.2 Å². The minimum absolute atomic E-state index is 0.119. The van der Waals surface area contributed by atoms with Gasteiger partial charge in [0.15, 0.2) is 0 Å². The Morgan fingerprint density at radius 1 is 1.24 bits per heavy atom. The number of nitrogens with zero attached hydrogens (tertiary/aromatic N) is 1. The number of unbranched alkanes of at least 4 members (excludes halogenated alkanes) is 1. The van der Waals surface area contributed by atoms with Crippen molar-refractivity contribution in [3.63, 3.8) is 0 Å². The molecule has 2 rings (SSSR count). The molecule has 132 valence electrons. The lowest BCUT2D eigenvalue weighted by Crippen LogP contribution is -2.14. The van der Waals surface area contributed by atoms with Gasteiger partial charge in [0.2, 0.25) is 0 Å². The van der Waals surface area contributed by atoms with Crippen molar-refractivity contribution in [2.45, 2.75) is 33.6 Å². The van der Waals surface area contributed by atoms with Crippen molar-refractivity contribution in [1.29, 1.82) is 0 Å². The second-order valence-corrected chi connectivity index (χ2v) is 5.84. The molecule has 0 unspecified atom stereocenters. The molecule has 0 aliphatic heterocycles. The molecule has 0 atom stereocenters. The van der Waals surface area contributed by atoms with Gasteiger partial charge in [-0.3, -0.25) is 14.9 Å². The number of nitro benzene ring substituents is 1. The van der Waals surface area contributed by atoms with E-state index in [4.69, 9.17) is 4.74 Å². The molecule has 0 aromatic heterocycles. The van der Waals surface area contributed by atoms with Crippen molar-refractivity contribution in [3.8, 4) is 5.75 Å². The van der Waals surface area contributed by atoms with Gasteiger partial charge in [0.05, 0.1) is 11.5 Å². The summed E-state index contributed by atoms with van der Waals surface area (Å²) >= 11 is 0. The highest BCUT2D eigenvalue weighted by atomic mass is 16.6. The zero-order valence-electron chi connectivity index (χ0n) is 14.7. The average molecular weight is 342 g/mol. The summed E-state index contributed by atoms with van der Waals surface area (Å²) in [5.41, 5.74) is 2.05. The van der Waals surface area contributed by atoms with Gasteiger partial charge < -0.3 is 10.1 Å². The first-order valence-electron chi connectivity index (χ1n) is 8.22. The summed E-state index contributed by atoms with van der Waals surface area (Å²) < 4.78 is 5.60. The van der Waals surface area contributed by atoms with E-state index in [0.717, 1.165) is 18.4 Å². The minimum atomic E-state index is -0.494. The Balaban J connectivity index is 2.24. The van der Waals surface area contributed by atoms with Crippen LogP contribution in [-0.4, -0.2) is 17.4 Å². The first-order chi connectivity index (χ1) is 11.9. The van der Waals surface area contributed by atoms with Crippen LogP contribution in [0.25, 0.3) is 0 Å². The number of anilines is 1. The predicted octanol–water partition coefficient (Wildman–Crippen LogP) is 4.64. The fourth-order valence-corrected chi connectivity index (χ4v) is 2.36. The summed E-state index contributed by atoms with van der Waals surface area (Å²) in [5, 5.41) is 13.9. The molecule has 2 aromatic carbocycles. The Morgan fingerprint density at radius 2 is 2.00 bits per heavy atom. The van der Waals surface area contributed by atoms with Gasteiger partial charge in [-0.25, -0.2) is 0 Å².